The van der Waals surface area contributed by atoms with Crippen LogP contribution in [0.3, 0.4) is 0 Å². The molecule has 3 N–H and O–H groups in total. The molecule has 1 saturated heterocycles. The molecule has 0 bridgehead atoms. The molecule has 0 spiro atoms. The van der Waals surface area contributed by atoms with Gasteiger partial charge in [0.05, 0.1) is 35.9 Å². The van der Waals surface area contributed by atoms with Crippen LogP contribution in [-0.2, 0) is 14.3 Å². The van der Waals surface area contributed by atoms with Gasteiger partial charge in [0.15, 0.2) is 11.5 Å². The van der Waals surface area contributed by atoms with E-state index in [0.29, 0.717) is 52.1 Å². The van der Waals surface area contributed by atoms with Crippen LogP contribution >= 0.6 is 22.6 Å². The summed E-state index contributed by atoms with van der Waals surface area (Å²) in [6.45, 7) is 0.747. The molecule has 1 saturated carbocycles. The predicted octanol–water partition coefficient (Wildman–Crippen LogP) is 2.23. The molecule has 2 amide bonds. The van der Waals surface area contributed by atoms with Gasteiger partial charge in [0.2, 0.25) is 11.8 Å². The first kappa shape index (κ1) is 29.8. The Morgan fingerprint density at radius 2 is 2.00 bits per heavy atom. The van der Waals surface area contributed by atoms with Crippen LogP contribution in [0.2, 0.25) is 0 Å². The number of nitrogens with zero attached hydrogens (tertiary/aromatic N) is 1. The van der Waals surface area contributed by atoms with Crippen molar-refractivity contribution in [3.8, 4) is 11.5 Å². The number of aliphatic hydroxyl groups is 2. The molecule has 214 valence electrons. The van der Waals surface area contributed by atoms with Crippen LogP contribution in [0.5, 0.6) is 11.5 Å². The Labute approximate surface area is 242 Å². The van der Waals surface area contributed by atoms with Crippen molar-refractivity contribution in [2.45, 2.75) is 69.2 Å². The Bertz CT molecular complexity index is 1070. The first-order chi connectivity index (χ1) is 18.9. The van der Waals surface area contributed by atoms with Crippen molar-refractivity contribution in [1.82, 2.24) is 10.2 Å². The van der Waals surface area contributed by atoms with E-state index in [1.54, 1.807) is 18.2 Å². The molecule has 4 unspecified atom stereocenters. The Morgan fingerprint density at radius 1 is 1.23 bits per heavy atom. The Morgan fingerprint density at radius 3 is 2.64 bits per heavy atom. The number of aldehydes is 1. The standard InChI is InChI=1S/C28H37IN2O8/c1-37-24-12-17(15-33)11-21(29)26(24)39-23-14-19(27(35)30-8-9-32)13-22(25(23)34)31(20-5-3-2-4-6-20)28(36)18-7-10-38-16-18/h11-12,14-15,18,20,22-23,25,32,34H,2-10,13,16H2,1H3,(H,30,35). The lowest BCUT2D eigenvalue weighted by Gasteiger charge is -2.46. The number of aliphatic hydroxyl groups excluding tert-OH is 2. The van der Waals surface area contributed by atoms with Crippen LogP contribution in [0.25, 0.3) is 0 Å². The average Bonchev–Trinajstić information content (AvgIpc) is 3.50. The first-order valence-corrected chi connectivity index (χ1v) is 14.6. The molecule has 0 radical (unpaired) electrons. The van der Waals surface area contributed by atoms with E-state index in [9.17, 15) is 24.6 Å². The second-order valence-corrected chi connectivity index (χ2v) is 11.4. The van der Waals surface area contributed by atoms with Crippen LogP contribution in [-0.4, -0.2) is 91.0 Å². The molecule has 1 aromatic rings. The van der Waals surface area contributed by atoms with Crippen molar-refractivity contribution in [3.05, 3.63) is 32.9 Å². The molecule has 11 heteroatoms. The van der Waals surface area contributed by atoms with Crippen LogP contribution in [0.4, 0.5) is 0 Å². The summed E-state index contributed by atoms with van der Waals surface area (Å²) in [4.78, 5) is 40.2. The van der Waals surface area contributed by atoms with E-state index in [4.69, 9.17) is 14.2 Å². The molecule has 1 heterocycles. The van der Waals surface area contributed by atoms with Gasteiger partial charge in [0.1, 0.15) is 18.5 Å². The van der Waals surface area contributed by atoms with Crippen molar-refractivity contribution in [2.75, 3.05) is 33.5 Å². The largest absolute Gasteiger partial charge is 0.493 e. The van der Waals surface area contributed by atoms with Gasteiger partial charge in [-0.3, -0.25) is 14.4 Å². The number of methoxy groups -OCH3 is 1. The fraction of sp³-hybridized carbons (Fsp3) is 0.607. The van der Waals surface area contributed by atoms with Crippen molar-refractivity contribution in [2.24, 2.45) is 5.92 Å². The van der Waals surface area contributed by atoms with Gasteiger partial charge in [-0.05, 0) is 60.1 Å². The third-order valence-electron chi connectivity index (χ3n) is 7.71. The highest BCUT2D eigenvalue weighted by Gasteiger charge is 2.45. The molecule has 0 aromatic heterocycles. The normalized spacial score (nSPS) is 25.5. The highest BCUT2D eigenvalue weighted by atomic mass is 127. The Kier molecular flexibility index (Phi) is 10.6. The molecule has 4 atom stereocenters. The summed E-state index contributed by atoms with van der Waals surface area (Å²) in [5, 5.41) is 23.7. The number of amides is 2. The van der Waals surface area contributed by atoms with Gasteiger partial charge in [-0.1, -0.05) is 19.3 Å². The van der Waals surface area contributed by atoms with Gasteiger partial charge in [-0.15, -0.1) is 0 Å². The molecule has 1 aromatic carbocycles. The zero-order valence-corrected chi connectivity index (χ0v) is 24.3. The summed E-state index contributed by atoms with van der Waals surface area (Å²) in [7, 11) is 1.46. The number of rotatable bonds is 10. The van der Waals surface area contributed by atoms with Gasteiger partial charge in [0.25, 0.3) is 0 Å². The summed E-state index contributed by atoms with van der Waals surface area (Å²) in [5.41, 5.74) is 0.789. The molecule has 3 aliphatic rings. The van der Waals surface area contributed by atoms with Crippen molar-refractivity contribution in [3.63, 3.8) is 0 Å². The first-order valence-electron chi connectivity index (χ1n) is 13.5. The van der Waals surface area contributed by atoms with Crippen LogP contribution in [0.15, 0.2) is 23.8 Å². The summed E-state index contributed by atoms with van der Waals surface area (Å²) in [6.07, 6.45) is 5.76. The van der Waals surface area contributed by atoms with E-state index in [0.717, 1.165) is 32.1 Å². The molecule has 10 nitrogen and oxygen atoms in total. The van der Waals surface area contributed by atoms with E-state index in [-0.39, 0.29) is 43.3 Å². The van der Waals surface area contributed by atoms with Gasteiger partial charge in [-0.2, -0.15) is 0 Å². The zero-order valence-electron chi connectivity index (χ0n) is 22.1. The summed E-state index contributed by atoms with van der Waals surface area (Å²) >= 11 is 2.04. The molecule has 1 aliphatic heterocycles. The topological polar surface area (TPSA) is 135 Å². The van der Waals surface area contributed by atoms with Crippen LogP contribution < -0.4 is 14.8 Å². The highest BCUT2D eigenvalue weighted by Crippen LogP contribution is 2.38. The zero-order chi connectivity index (χ0) is 27.9. The van der Waals surface area contributed by atoms with Gasteiger partial charge in [-0.25, -0.2) is 0 Å². The second kappa shape index (κ2) is 13.9. The minimum absolute atomic E-state index is 0.0476. The van der Waals surface area contributed by atoms with Crippen LogP contribution in [0, 0.1) is 9.49 Å². The van der Waals surface area contributed by atoms with Gasteiger partial charge < -0.3 is 34.6 Å². The molecule has 2 aliphatic carbocycles. The molecule has 4 rings (SSSR count). The fourth-order valence-corrected chi connectivity index (χ4v) is 6.47. The number of halogens is 1. The summed E-state index contributed by atoms with van der Waals surface area (Å²) in [5.74, 6) is -0.0664. The summed E-state index contributed by atoms with van der Waals surface area (Å²) in [6, 6.07) is 2.46. The maximum Gasteiger partial charge on any atom is 0.247 e. The van der Waals surface area contributed by atoms with Crippen LogP contribution in [0.1, 0.15) is 55.3 Å². The molecular weight excluding hydrogens is 619 g/mol. The number of hydrogen-bond acceptors (Lipinski definition) is 8. The predicted molar refractivity (Wildman–Crippen MR) is 151 cm³/mol. The molecule has 39 heavy (non-hydrogen) atoms. The molecular formula is C28H37IN2O8. The third kappa shape index (κ3) is 6.93. The van der Waals surface area contributed by atoms with Crippen molar-refractivity contribution >= 4 is 40.7 Å². The SMILES string of the molecule is COc1cc(C=O)cc(I)c1OC1C=C(C(=O)NCCO)CC(N(C(=O)C2CCOC2)C2CCCCC2)C1O. The van der Waals surface area contributed by atoms with Crippen molar-refractivity contribution < 1.29 is 38.8 Å². The number of hydrogen-bond donors (Lipinski definition) is 3. The lowest BCUT2D eigenvalue weighted by molar-refractivity contribution is -0.147. The Hall–Kier alpha value is -2.22. The average molecular weight is 657 g/mol. The minimum atomic E-state index is -1.13. The van der Waals surface area contributed by atoms with E-state index in [2.05, 4.69) is 5.32 Å². The lowest BCUT2D eigenvalue weighted by Crippen LogP contribution is -2.59. The number of benzene rings is 1. The highest BCUT2D eigenvalue weighted by molar-refractivity contribution is 14.1. The van der Waals surface area contributed by atoms with E-state index < -0.39 is 18.2 Å². The van der Waals surface area contributed by atoms with Crippen molar-refractivity contribution in [1.29, 1.82) is 0 Å². The van der Waals surface area contributed by atoms with E-state index >= 15 is 0 Å². The fourth-order valence-electron chi connectivity index (χ4n) is 5.72. The van der Waals surface area contributed by atoms with E-state index in [1.165, 1.54) is 7.11 Å². The number of nitrogens with one attached hydrogen (secondary N) is 1. The minimum Gasteiger partial charge on any atom is -0.493 e. The monoisotopic (exact) mass is 656 g/mol. The smallest absolute Gasteiger partial charge is 0.247 e. The number of carbonyl (C=O) groups excluding carboxylic acids is 3. The second-order valence-electron chi connectivity index (χ2n) is 10.3. The lowest BCUT2D eigenvalue weighted by atomic mass is 9.84. The summed E-state index contributed by atoms with van der Waals surface area (Å²) < 4.78 is 17.9. The van der Waals surface area contributed by atoms with Gasteiger partial charge >= 0.3 is 0 Å². The Balaban J connectivity index is 1.71. The van der Waals surface area contributed by atoms with Gasteiger partial charge in [0, 0.05) is 36.8 Å². The number of ether oxygens (including phenoxy) is 3. The number of carbonyl (C=O) groups is 3. The third-order valence-corrected chi connectivity index (χ3v) is 8.52. The maximum absolute atomic E-state index is 13.9. The molecule has 2 fully saturated rings. The maximum atomic E-state index is 13.9. The van der Waals surface area contributed by atoms with E-state index in [1.807, 2.05) is 27.5 Å². The quantitative estimate of drug-likeness (QED) is 0.258.